The van der Waals surface area contributed by atoms with Gasteiger partial charge >= 0.3 is 0 Å². The number of carbonyl (C=O) groups is 2. The molecule has 1 N–H and O–H groups in total. The van der Waals surface area contributed by atoms with Crippen LogP contribution in [0.4, 0.5) is 11.4 Å². The average molecular weight is 449 g/mol. The molecular formula is C25H21ClN2O4. The fourth-order valence-electron chi connectivity index (χ4n) is 3.61. The van der Waals surface area contributed by atoms with E-state index in [2.05, 4.69) is 5.32 Å². The van der Waals surface area contributed by atoms with Crippen molar-refractivity contribution in [3.8, 4) is 11.5 Å². The molecule has 0 aromatic heterocycles. The summed E-state index contributed by atoms with van der Waals surface area (Å²) in [5.74, 6) is 0.165. The van der Waals surface area contributed by atoms with Crippen LogP contribution in [0, 0.1) is 6.92 Å². The second-order valence-electron chi connectivity index (χ2n) is 7.18. The molecule has 162 valence electrons. The molecule has 0 bridgehead atoms. The van der Waals surface area contributed by atoms with E-state index in [1.165, 1.54) is 7.11 Å². The smallest absolute Gasteiger partial charge is 0.282 e. The summed E-state index contributed by atoms with van der Waals surface area (Å²) < 4.78 is 10.7. The van der Waals surface area contributed by atoms with Gasteiger partial charge in [-0.1, -0.05) is 48.0 Å². The van der Waals surface area contributed by atoms with Crippen molar-refractivity contribution < 1.29 is 19.1 Å². The molecule has 7 heteroatoms. The zero-order valence-corrected chi connectivity index (χ0v) is 18.6. The van der Waals surface area contributed by atoms with Gasteiger partial charge in [-0.05, 0) is 42.3 Å². The number of nitrogens with one attached hydrogen (secondary N) is 1. The predicted octanol–water partition coefficient (Wildman–Crippen LogP) is 5.06. The van der Waals surface area contributed by atoms with E-state index in [1.807, 2.05) is 25.1 Å². The van der Waals surface area contributed by atoms with Gasteiger partial charge in [0.05, 0.1) is 31.2 Å². The maximum absolute atomic E-state index is 13.6. The van der Waals surface area contributed by atoms with Crippen LogP contribution in [-0.2, 0) is 9.59 Å². The highest BCUT2D eigenvalue weighted by atomic mass is 35.5. The molecule has 1 heterocycles. The lowest BCUT2D eigenvalue weighted by Crippen LogP contribution is -2.33. The fraction of sp³-hybridized carbons (Fsp3) is 0.120. The number of amides is 2. The van der Waals surface area contributed by atoms with E-state index >= 15 is 0 Å². The van der Waals surface area contributed by atoms with Gasteiger partial charge in [0, 0.05) is 11.1 Å². The van der Waals surface area contributed by atoms with Gasteiger partial charge in [0.1, 0.15) is 17.2 Å². The number of benzene rings is 3. The van der Waals surface area contributed by atoms with E-state index in [1.54, 1.807) is 55.6 Å². The Hall–Kier alpha value is -3.77. The van der Waals surface area contributed by atoms with E-state index in [4.69, 9.17) is 21.1 Å². The Kier molecular flexibility index (Phi) is 5.88. The number of rotatable bonds is 6. The number of imide groups is 1. The molecule has 2 amide bonds. The molecule has 0 saturated heterocycles. The van der Waals surface area contributed by atoms with Crippen molar-refractivity contribution in [3.05, 3.63) is 88.6 Å². The number of carbonyl (C=O) groups excluding carboxylic acids is 2. The number of hydrogen-bond acceptors (Lipinski definition) is 5. The lowest BCUT2D eigenvalue weighted by Gasteiger charge is -2.18. The topological polar surface area (TPSA) is 67.9 Å². The molecule has 32 heavy (non-hydrogen) atoms. The summed E-state index contributed by atoms with van der Waals surface area (Å²) in [5.41, 5.74) is 2.73. The summed E-state index contributed by atoms with van der Waals surface area (Å²) in [5, 5.41) is 3.56. The Balaban J connectivity index is 1.87. The average Bonchev–Trinajstić information content (AvgIpc) is 3.05. The van der Waals surface area contributed by atoms with Crippen molar-refractivity contribution in [1.29, 1.82) is 0 Å². The third-order valence-electron chi connectivity index (χ3n) is 5.22. The fourth-order valence-corrected chi connectivity index (χ4v) is 3.77. The van der Waals surface area contributed by atoms with E-state index < -0.39 is 11.8 Å². The molecule has 1 aliphatic heterocycles. The quantitative estimate of drug-likeness (QED) is 0.534. The van der Waals surface area contributed by atoms with Crippen LogP contribution >= 0.6 is 11.6 Å². The van der Waals surface area contributed by atoms with Crippen molar-refractivity contribution in [2.45, 2.75) is 6.92 Å². The van der Waals surface area contributed by atoms with Crippen molar-refractivity contribution in [1.82, 2.24) is 0 Å². The first kappa shape index (κ1) is 21.5. The number of methoxy groups -OCH3 is 2. The van der Waals surface area contributed by atoms with E-state index in [9.17, 15) is 9.59 Å². The molecule has 0 aliphatic carbocycles. The lowest BCUT2D eigenvalue weighted by atomic mass is 10.0. The van der Waals surface area contributed by atoms with Crippen LogP contribution in [0.2, 0.25) is 5.02 Å². The maximum Gasteiger partial charge on any atom is 0.282 e. The summed E-state index contributed by atoms with van der Waals surface area (Å²) >= 11 is 6.17. The van der Waals surface area contributed by atoms with Gasteiger partial charge in [0.15, 0.2) is 0 Å². The molecule has 6 nitrogen and oxygen atoms in total. The van der Waals surface area contributed by atoms with Crippen molar-refractivity contribution in [2.75, 3.05) is 24.4 Å². The largest absolute Gasteiger partial charge is 0.497 e. The van der Waals surface area contributed by atoms with Crippen LogP contribution < -0.4 is 19.7 Å². The van der Waals surface area contributed by atoms with Gasteiger partial charge in [0.25, 0.3) is 11.8 Å². The highest BCUT2D eigenvalue weighted by Crippen LogP contribution is 2.38. The van der Waals surface area contributed by atoms with Gasteiger partial charge in [-0.15, -0.1) is 0 Å². The zero-order valence-electron chi connectivity index (χ0n) is 17.8. The summed E-state index contributed by atoms with van der Waals surface area (Å²) in [6, 6.07) is 19.4. The second-order valence-corrected chi connectivity index (χ2v) is 7.62. The molecular weight excluding hydrogens is 428 g/mol. The highest BCUT2D eigenvalue weighted by molar-refractivity contribution is 6.46. The molecule has 0 unspecified atom stereocenters. The van der Waals surface area contributed by atoms with Gasteiger partial charge in [-0.2, -0.15) is 0 Å². The second kappa shape index (κ2) is 8.77. The SMILES string of the molecule is COc1ccc(OC)c(NC2=C(c3ccccc3)C(=O)N(c3cc(Cl)ccc3C)C2=O)c1. The molecule has 1 aliphatic rings. The molecule has 0 atom stereocenters. The standard InChI is InChI=1S/C25H21ClN2O4/c1-15-9-10-17(26)13-20(15)28-24(29)22(16-7-5-4-6-8-16)23(25(28)30)27-19-14-18(31-2)11-12-21(19)32-3/h4-14,27H,1-3H3. The predicted molar refractivity (Wildman–Crippen MR) is 125 cm³/mol. The van der Waals surface area contributed by atoms with E-state index in [0.717, 1.165) is 10.5 Å². The number of halogens is 1. The molecule has 4 rings (SSSR count). The number of aryl methyl sites for hydroxylation is 1. The molecule has 0 fully saturated rings. The summed E-state index contributed by atoms with van der Waals surface area (Å²) in [4.78, 5) is 28.3. The van der Waals surface area contributed by atoms with Crippen LogP contribution in [0.3, 0.4) is 0 Å². The minimum Gasteiger partial charge on any atom is -0.497 e. The molecule has 3 aromatic carbocycles. The molecule has 0 spiro atoms. The Bertz CT molecular complexity index is 1240. The Morgan fingerprint density at radius 3 is 2.31 bits per heavy atom. The van der Waals surface area contributed by atoms with Crippen molar-refractivity contribution >= 4 is 40.4 Å². The van der Waals surface area contributed by atoms with Crippen LogP contribution in [0.1, 0.15) is 11.1 Å². The van der Waals surface area contributed by atoms with Gasteiger partial charge in [-0.25, -0.2) is 4.90 Å². The highest BCUT2D eigenvalue weighted by Gasteiger charge is 2.41. The Labute approximate surface area is 191 Å². The van der Waals surface area contributed by atoms with Crippen LogP contribution in [0.5, 0.6) is 11.5 Å². The van der Waals surface area contributed by atoms with E-state index in [0.29, 0.717) is 33.5 Å². The molecule has 0 radical (unpaired) electrons. The first-order valence-electron chi connectivity index (χ1n) is 9.88. The first-order chi connectivity index (χ1) is 15.4. The number of anilines is 2. The van der Waals surface area contributed by atoms with Crippen molar-refractivity contribution in [3.63, 3.8) is 0 Å². The van der Waals surface area contributed by atoms with Crippen LogP contribution in [0.15, 0.2) is 72.4 Å². The Morgan fingerprint density at radius 2 is 1.62 bits per heavy atom. The minimum absolute atomic E-state index is 0.145. The number of hydrogen-bond donors (Lipinski definition) is 1. The Morgan fingerprint density at radius 1 is 0.875 bits per heavy atom. The van der Waals surface area contributed by atoms with Crippen LogP contribution in [0.25, 0.3) is 5.57 Å². The summed E-state index contributed by atoms with van der Waals surface area (Å²) in [7, 11) is 3.08. The first-order valence-corrected chi connectivity index (χ1v) is 10.3. The number of ether oxygens (including phenoxy) is 2. The third-order valence-corrected chi connectivity index (χ3v) is 5.46. The number of nitrogens with zero attached hydrogens (tertiary/aromatic N) is 1. The molecule has 3 aromatic rings. The third kappa shape index (κ3) is 3.81. The summed E-state index contributed by atoms with van der Waals surface area (Å²) in [6.45, 7) is 1.82. The van der Waals surface area contributed by atoms with E-state index in [-0.39, 0.29) is 11.3 Å². The minimum atomic E-state index is -0.482. The van der Waals surface area contributed by atoms with Gasteiger partial charge in [0.2, 0.25) is 0 Å². The monoisotopic (exact) mass is 448 g/mol. The van der Waals surface area contributed by atoms with Crippen molar-refractivity contribution in [2.24, 2.45) is 0 Å². The zero-order chi connectivity index (χ0) is 22.8. The molecule has 0 saturated carbocycles. The van der Waals surface area contributed by atoms with Gasteiger partial charge in [-0.3, -0.25) is 9.59 Å². The van der Waals surface area contributed by atoms with Gasteiger partial charge < -0.3 is 14.8 Å². The van der Waals surface area contributed by atoms with Crippen LogP contribution in [-0.4, -0.2) is 26.0 Å². The summed E-state index contributed by atoms with van der Waals surface area (Å²) in [6.07, 6.45) is 0. The normalized spacial score (nSPS) is 13.6. The lowest BCUT2D eigenvalue weighted by molar-refractivity contribution is -0.120. The maximum atomic E-state index is 13.6.